The monoisotopic (exact) mass is 442 g/mol. The molecule has 0 bridgehead atoms. The molecule has 2 aromatic carbocycles. The van der Waals surface area contributed by atoms with Gasteiger partial charge in [-0.1, -0.05) is 34.1 Å². The van der Waals surface area contributed by atoms with Crippen LogP contribution < -0.4 is 9.86 Å². The lowest BCUT2D eigenvalue weighted by atomic mass is 10.1. The zero-order chi connectivity index (χ0) is 18.0. The maximum atomic E-state index is 12.6. The summed E-state index contributed by atoms with van der Waals surface area (Å²) in [5, 5.41) is 5.08. The van der Waals surface area contributed by atoms with Crippen molar-refractivity contribution in [1.29, 1.82) is 0 Å². The molecule has 0 heterocycles. The summed E-state index contributed by atoms with van der Waals surface area (Å²) < 4.78 is 51.9. The van der Waals surface area contributed by atoms with Gasteiger partial charge in [-0.05, 0) is 47.7 Å². The lowest BCUT2D eigenvalue weighted by Crippen LogP contribution is -2.29. The Kier molecular flexibility index (Phi) is 3.86. The second-order valence-electron chi connectivity index (χ2n) is 6.37. The van der Waals surface area contributed by atoms with Gasteiger partial charge in [-0.15, -0.1) is 0 Å². The zero-order valence-corrected chi connectivity index (χ0v) is 16.1. The number of hydrogen-bond donors (Lipinski definition) is 2. The fourth-order valence-corrected chi connectivity index (χ4v) is 6.15. The number of benzene rings is 2. The summed E-state index contributed by atoms with van der Waals surface area (Å²) in [6.07, 6.45) is 0.825. The van der Waals surface area contributed by atoms with E-state index in [1.54, 1.807) is 0 Å². The molecule has 2 aliphatic carbocycles. The highest BCUT2D eigenvalue weighted by atomic mass is 79.9. The smallest absolute Gasteiger partial charge is 0.225 e. The van der Waals surface area contributed by atoms with Gasteiger partial charge in [0.1, 0.15) is 0 Å². The van der Waals surface area contributed by atoms with Gasteiger partial charge >= 0.3 is 0 Å². The Morgan fingerprint density at radius 3 is 2.44 bits per heavy atom. The summed E-state index contributed by atoms with van der Waals surface area (Å²) in [6, 6.07) is 10.9. The summed E-state index contributed by atoms with van der Waals surface area (Å²) in [5.41, 5.74) is 2.41. The number of hydrogen-bond acceptors (Lipinski definition) is 4. The van der Waals surface area contributed by atoms with E-state index in [2.05, 4.69) is 20.7 Å². The highest BCUT2D eigenvalue weighted by molar-refractivity contribution is 9.10. The fraction of sp³-hybridized carbons (Fsp3) is 0.250. The molecule has 3 atom stereocenters. The van der Waals surface area contributed by atoms with Crippen LogP contribution in [0.1, 0.15) is 17.0 Å². The molecule has 2 aliphatic rings. The van der Waals surface area contributed by atoms with Crippen LogP contribution in [0.3, 0.4) is 0 Å². The number of fused-ring (bicyclic) bond motifs is 3. The number of halogens is 1. The van der Waals surface area contributed by atoms with Crippen molar-refractivity contribution in [1.82, 2.24) is 4.72 Å². The Labute approximate surface area is 154 Å². The Balaban J connectivity index is 1.59. The Bertz CT molecular complexity index is 1080. The van der Waals surface area contributed by atoms with Gasteiger partial charge in [0, 0.05) is 16.4 Å². The summed E-state index contributed by atoms with van der Waals surface area (Å²) in [4.78, 5) is -0.320. The highest BCUT2D eigenvalue weighted by Crippen LogP contribution is 2.57. The minimum Gasteiger partial charge on any atom is -0.225 e. The average molecular weight is 443 g/mol. The van der Waals surface area contributed by atoms with E-state index in [1.807, 2.05) is 18.2 Å². The SMILES string of the molecule is NS(=O)(=O)c1cccc(S(=O)(=O)NC2C3Cc4c(Br)cccc4C32)c1. The minimum absolute atomic E-state index is 0.0986. The first-order valence-corrected chi connectivity index (χ1v) is 11.4. The second kappa shape index (κ2) is 5.62. The quantitative estimate of drug-likeness (QED) is 0.751. The number of nitrogens with two attached hydrogens (primary N) is 1. The number of sulfonamides is 2. The summed E-state index contributed by atoms with van der Waals surface area (Å²) in [5.74, 6) is 0.411. The summed E-state index contributed by atoms with van der Waals surface area (Å²) >= 11 is 3.53. The molecule has 4 rings (SSSR count). The number of primary sulfonamides is 1. The molecular weight excluding hydrogens is 428 g/mol. The molecule has 0 aliphatic heterocycles. The molecule has 3 unspecified atom stereocenters. The Hall–Kier alpha value is -1.26. The molecular formula is C16H15BrN2O4S2. The predicted molar refractivity (Wildman–Crippen MR) is 96.0 cm³/mol. The lowest BCUT2D eigenvalue weighted by Gasteiger charge is -2.12. The molecule has 1 fully saturated rings. The standard InChI is InChI=1S/C16H15BrN2O4S2/c17-14-6-2-5-11-12(14)8-13-15(11)16(13)19-25(22,23)10-4-1-3-9(7-10)24(18,20)21/h1-7,13,15-16,19H,8H2,(H2,18,20,21). The molecule has 0 spiro atoms. The number of nitrogens with one attached hydrogen (secondary N) is 1. The summed E-state index contributed by atoms with van der Waals surface area (Å²) in [6.45, 7) is 0. The van der Waals surface area contributed by atoms with Gasteiger partial charge in [-0.3, -0.25) is 0 Å². The first-order valence-electron chi connectivity index (χ1n) is 7.61. The van der Waals surface area contributed by atoms with Crippen molar-refractivity contribution in [3.63, 3.8) is 0 Å². The van der Waals surface area contributed by atoms with Crippen LogP contribution in [-0.4, -0.2) is 22.9 Å². The van der Waals surface area contributed by atoms with Crippen molar-refractivity contribution in [2.75, 3.05) is 0 Å². The highest BCUT2D eigenvalue weighted by Gasteiger charge is 2.57. The lowest BCUT2D eigenvalue weighted by molar-refractivity contribution is 0.575. The molecule has 2 aromatic rings. The first kappa shape index (κ1) is 17.2. The Morgan fingerprint density at radius 2 is 1.72 bits per heavy atom. The van der Waals surface area contributed by atoms with Crippen LogP contribution in [0.5, 0.6) is 0 Å². The van der Waals surface area contributed by atoms with E-state index < -0.39 is 20.0 Å². The third-order valence-corrected chi connectivity index (χ3v) is 7.97. The third-order valence-electron chi connectivity index (χ3n) is 4.86. The van der Waals surface area contributed by atoms with Gasteiger partial charge in [0.05, 0.1) is 9.79 Å². The van der Waals surface area contributed by atoms with Crippen LogP contribution in [0.15, 0.2) is 56.7 Å². The van der Waals surface area contributed by atoms with Crippen LogP contribution in [0.4, 0.5) is 0 Å². The molecule has 0 radical (unpaired) electrons. The van der Waals surface area contributed by atoms with E-state index in [0.717, 1.165) is 17.0 Å². The van der Waals surface area contributed by atoms with E-state index in [-0.39, 0.29) is 27.7 Å². The van der Waals surface area contributed by atoms with E-state index >= 15 is 0 Å². The maximum absolute atomic E-state index is 12.6. The van der Waals surface area contributed by atoms with Crippen molar-refractivity contribution in [3.8, 4) is 0 Å². The van der Waals surface area contributed by atoms with E-state index in [4.69, 9.17) is 5.14 Å². The van der Waals surface area contributed by atoms with Crippen LogP contribution >= 0.6 is 15.9 Å². The molecule has 132 valence electrons. The van der Waals surface area contributed by atoms with Crippen molar-refractivity contribution >= 4 is 36.0 Å². The van der Waals surface area contributed by atoms with Gasteiger partial charge < -0.3 is 0 Å². The van der Waals surface area contributed by atoms with Gasteiger partial charge in [-0.25, -0.2) is 26.7 Å². The fourth-order valence-electron chi connectivity index (χ4n) is 3.62. The molecule has 9 heteroatoms. The molecule has 6 nitrogen and oxygen atoms in total. The van der Waals surface area contributed by atoms with Crippen molar-refractivity contribution in [2.24, 2.45) is 11.1 Å². The van der Waals surface area contributed by atoms with Crippen molar-refractivity contribution < 1.29 is 16.8 Å². The van der Waals surface area contributed by atoms with Crippen LogP contribution in [0.2, 0.25) is 0 Å². The first-order chi connectivity index (χ1) is 11.7. The van der Waals surface area contributed by atoms with E-state index in [0.29, 0.717) is 0 Å². The van der Waals surface area contributed by atoms with Gasteiger partial charge in [-0.2, -0.15) is 0 Å². The summed E-state index contributed by atoms with van der Waals surface area (Å²) in [7, 11) is -7.77. The predicted octanol–water partition coefficient (Wildman–Crippen LogP) is 1.71. The molecule has 0 aromatic heterocycles. The molecule has 25 heavy (non-hydrogen) atoms. The second-order valence-corrected chi connectivity index (χ2v) is 10.5. The zero-order valence-electron chi connectivity index (χ0n) is 12.9. The Morgan fingerprint density at radius 1 is 1.04 bits per heavy atom. The van der Waals surface area contributed by atoms with Crippen molar-refractivity contribution in [3.05, 3.63) is 58.1 Å². The van der Waals surface area contributed by atoms with E-state index in [9.17, 15) is 16.8 Å². The topological polar surface area (TPSA) is 106 Å². The number of rotatable bonds is 4. The average Bonchev–Trinajstić information content (AvgIpc) is 3.02. The van der Waals surface area contributed by atoms with Crippen LogP contribution in [0.25, 0.3) is 0 Å². The largest absolute Gasteiger partial charge is 0.240 e. The maximum Gasteiger partial charge on any atom is 0.240 e. The van der Waals surface area contributed by atoms with Gasteiger partial charge in [0.2, 0.25) is 20.0 Å². The normalized spacial score (nSPS) is 24.6. The molecule has 0 amide bonds. The molecule has 1 saturated carbocycles. The van der Waals surface area contributed by atoms with Gasteiger partial charge in [0.25, 0.3) is 0 Å². The minimum atomic E-state index is -3.96. The van der Waals surface area contributed by atoms with Crippen LogP contribution in [0, 0.1) is 5.92 Å². The molecule has 0 saturated heterocycles. The van der Waals surface area contributed by atoms with Crippen molar-refractivity contribution in [2.45, 2.75) is 28.2 Å². The van der Waals surface area contributed by atoms with Crippen LogP contribution in [-0.2, 0) is 26.5 Å². The van der Waals surface area contributed by atoms with Gasteiger partial charge in [0.15, 0.2) is 0 Å². The van der Waals surface area contributed by atoms with E-state index in [1.165, 1.54) is 29.3 Å². The molecule has 3 N–H and O–H groups in total. The third kappa shape index (κ3) is 2.93.